The predicted octanol–water partition coefficient (Wildman–Crippen LogP) is -0.280. The highest BCUT2D eigenvalue weighted by molar-refractivity contribution is 7.99. The molecule has 0 radical (unpaired) electrons. The van der Waals surface area contributed by atoms with Crippen molar-refractivity contribution in [1.29, 1.82) is 0 Å². The van der Waals surface area contributed by atoms with Crippen molar-refractivity contribution in [3.63, 3.8) is 0 Å². The molecule has 0 spiro atoms. The first-order valence-corrected chi connectivity index (χ1v) is 8.66. The Labute approximate surface area is 151 Å². The van der Waals surface area contributed by atoms with Crippen LogP contribution in [0.15, 0.2) is 0 Å². The molecule has 11 heteroatoms. The van der Waals surface area contributed by atoms with Crippen LogP contribution in [0.4, 0.5) is 17.8 Å². The zero-order valence-electron chi connectivity index (χ0n) is 15.3. The third-order valence-electron chi connectivity index (χ3n) is 2.99. The molecule has 1 aromatic rings. The van der Waals surface area contributed by atoms with Crippen LogP contribution >= 0.6 is 11.8 Å². The lowest BCUT2D eigenvalue weighted by molar-refractivity contribution is -0.140. The topological polar surface area (TPSA) is 115 Å². The molecule has 0 aliphatic rings. The average molecular weight is 371 g/mol. The smallest absolute Gasteiger partial charge is 0.327 e. The predicted molar refractivity (Wildman–Crippen MR) is 99.4 cm³/mol. The third-order valence-corrected chi connectivity index (χ3v) is 4.13. The van der Waals surface area contributed by atoms with Crippen molar-refractivity contribution in [2.24, 2.45) is 0 Å². The van der Waals surface area contributed by atoms with Gasteiger partial charge in [0.1, 0.15) is 6.04 Å². The number of aromatic nitrogens is 3. The lowest BCUT2D eigenvalue weighted by Crippen LogP contribution is -2.41. The van der Waals surface area contributed by atoms with Crippen LogP contribution in [0.5, 0.6) is 0 Å². The van der Waals surface area contributed by atoms with E-state index in [0.29, 0.717) is 23.7 Å². The van der Waals surface area contributed by atoms with E-state index >= 15 is 0 Å². The first-order chi connectivity index (χ1) is 11.6. The maximum Gasteiger partial charge on any atom is 0.327 e. The number of hydrogen-bond acceptors (Lipinski definition) is 9. The van der Waals surface area contributed by atoms with E-state index < -0.39 is 12.0 Å². The molecule has 1 unspecified atom stereocenters. The zero-order valence-corrected chi connectivity index (χ0v) is 16.2. The molecule has 140 valence electrons. The summed E-state index contributed by atoms with van der Waals surface area (Å²) in [6.07, 6.45) is 0. The van der Waals surface area contributed by atoms with Crippen LogP contribution in [0.2, 0.25) is 0 Å². The number of aliphatic carboxylic acids is 1. The lowest BCUT2D eigenvalue weighted by Gasteiger charge is -2.22. The number of nitrogens with one attached hydrogen (secondary N) is 1. The second-order valence-corrected chi connectivity index (χ2v) is 6.81. The van der Waals surface area contributed by atoms with Crippen molar-refractivity contribution in [3.05, 3.63) is 0 Å². The number of carboxylic acids is 1. The Morgan fingerprint density at radius 2 is 1.52 bits per heavy atom. The van der Waals surface area contributed by atoms with E-state index in [2.05, 4.69) is 20.3 Å². The van der Waals surface area contributed by atoms with Gasteiger partial charge in [-0.1, -0.05) is 0 Å². The van der Waals surface area contributed by atoms with Gasteiger partial charge < -0.3 is 25.1 Å². The number of amides is 1. The second-order valence-electron chi connectivity index (χ2n) is 5.81. The van der Waals surface area contributed by atoms with Crippen LogP contribution in [0.25, 0.3) is 0 Å². The van der Waals surface area contributed by atoms with E-state index in [0.717, 1.165) is 0 Å². The number of anilines is 3. The van der Waals surface area contributed by atoms with E-state index in [4.69, 9.17) is 5.11 Å². The number of rotatable bonds is 9. The summed E-state index contributed by atoms with van der Waals surface area (Å²) in [4.78, 5) is 40.7. The molecule has 0 bridgehead atoms. The number of carbonyl (C=O) groups excluding carboxylic acids is 1. The summed E-state index contributed by atoms with van der Waals surface area (Å²) in [6.45, 7) is 1.29. The maximum atomic E-state index is 11.1. The second kappa shape index (κ2) is 9.25. The van der Waals surface area contributed by atoms with Gasteiger partial charge in [-0.15, -0.1) is 11.8 Å². The minimum absolute atomic E-state index is 0.241. The van der Waals surface area contributed by atoms with Crippen LogP contribution in [-0.2, 0) is 9.59 Å². The van der Waals surface area contributed by atoms with E-state index in [-0.39, 0.29) is 11.7 Å². The van der Waals surface area contributed by atoms with E-state index in [9.17, 15) is 9.59 Å². The fourth-order valence-electron chi connectivity index (χ4n) is 1.70. The van der Waals surface area contributed by atoms with Crippen LogP contribution in [0, 0.1) is 0 Å². The molecule has 0 aliphatic heterocycles. The number of hydrogen-bond donors (Lipinski definition) is 2. The van der Waals surface area contributed by atoms with Gasteiger partial charge in [-0.3, -0.25) is 4.79 Å². The molecule has 1 amide bonds. The van der Waals surface area contributed by atoms with Gasteiger partial charge in [0.15, 0.2) is 0 Å². The number of thioether (sulfide) groups is 1. The minimum Gasteiger partial charge on any atom is -0.480 e. The van der Waals surface area contributed by atoms with Crippen molar-refractivity contribution in [3.8, 4) is 0 Å². The zero-order chi connectivity index (χ0) is 19.1. The van der Waals surface area contributed by atoms with Gasteiger partial charge in [0.05, 0.1) is 5.88 Å². The molecule has 1 atom stereocenters. The molecule has 0 saturated carbocycles. The molecular weight excluding hydrogens is 346 g/mol. The molecule has 0 aromatic carbocycles. The van der Waals surface area contributed by atoms with Gasteiger partial charge in [-0.25, -0.2) is 4.79 Å². The summed E-state index contributed by atoms with van der Waals surface area (Å²) in [5, 5.41) is 11.5. The molecule has 2 N–H and O–H groups in total. The fourth-order valence-corrected chi connectivity index (χ4v) is 2.66. The van der Waals surface area contributed by atoms with Crippen molar-refractivity contribution >= 4 is 41.5 Å². The first kappa shape index (κ1) is 20.7. The number of carboxylic acid groups (broad SMARTS) is 1. The summed E-state index contributed by atoms with van der Waals surface area (Å²) in [5.41, 5.74) is 0. The van der Waals surface area contributed by atoms with E-state index in [1.807, 2.05) is 35.2 Å². The Morgan fingerprint density at radius 1 is 1.04 bits per heavy atom. The largest absolute Gasteiger partial charge is 0.480 e. The van der Waals surface area contributed by atoms with Crippen molar-refractivity contribution in [1.82, 2.24) is 20.3 Å². The summed E-state index contributed by atoms with van der Waals surface area (Å²) in [6, 6.07) is -0.927. The third kappa shape index (κ3) is 6.61. The Bertz CT molecular complexity index is 586. The summed E-state index contributed by atoms with van der Waals surface area (Å²) in [7, 11) is 9.20. The normalized spacial score (nSPS) is 11.6. The first-order valence-electron chi connectivity index (χ1n) is 7.51. The maximum absolute atomic E-state index is 11.1. The van der Waals surface area contributed by atoms with Crippen LogP contribution in [0.1, 0.15) is 6.92 Å². The van der Waals surface area contributed by atoms with E-state index in [1.165, 1.54) is 18.7 Å². The number of carbonyl (C=O) groups is 2. The monoisotopic (exact) mass is 371 g/mol. The lowest BCUT2D eigenvalue weighted by atomic mass is 10.3. The molecule has 10 nitrogen and oxygen atoms in total. The standard InChI is InChI=1S/C14H25N7O3S/c1-9(22)15-10(11(23)24)7-25-8-21(6)14-17-12(19(2)3)16-13(18-14)20(4)5/h10H,7-8H2,1-6H3,(H,15,22)(H,23,24). The number of nitrogens with zero attached hydrogens (tertiary/aromatic N) is 6. The Balaban J connectivity index is 2.78. The minimum atomic E-state index is -1.06. The molecular formula is C14H25N7O3S. The Hall–Kier alpha value is -2.30. The molecule has 1 aromatic heterocycles. The summed E-state index contributed by atoms with van der Waals surface area (Å²) >= 11 is 1.37. The average Bonchev–Trinajstić information content (AvgIpc) is 2.52. The van der Waals surface area contributed by atoms with Crippen LogP contribution < -0.4 is 20.0 Å². The SMILES string of the molecule is CC(=O)NC(CSCN(C)c1nc(N(C)C)nc(N(C)C)n1)C(=O)O. The molecule has 0 fully saturated rings. The van der Waals surface area contributed by atoms with Crippen LogP contribution in [-0.4, -0.2) is 84.8 Å². The van der Waals surface area contributed by atoms with Gasteiger partial charge in [0.2, 0.25) is 23.8 Å². The van der Waals surface area contributed by atoms with Crippen LogP contribution in [0.3, 0.4) is 0 Å². The molecule has 25 heavy (non-hydrogen) atoms. The summed E-state index contributed by atoms with van der Waals surface area (Å²) in [5.74, 6) is 0.833. The fraction of sp³-hybridized carbons (Fsp3) is 0.643. The molecule has 0 aliphatic carbocycles. The highest BCUT2D eigenvalue weighted by atomic mass is 32.2. The van der Waals surface area contributed by atoms with Gasteiger partial charge in [0.25, 0.3) is 0 Å². The van der Waals surface area contributed by atoms with Gasteiger partial charge in [0, 0.05) is 47.9 Å². The molecule has 0 saturated heterocycles. The quantitative estimate of drug-likeness (QED) is 0.562. The molecule has 1 heterocycles. The highest BCUT2D eigenvalue weighted by Crippen LogP contribution is 2.17. The summed E-state index contributed by atoms with van der Waals surface area (Å²) < 4.78 is 0. The van der Waals surface area contributed by atoms with Gasteiger partial charge in [-0.2, -0.15) is 15.0 Å². The van der Waals surface area contributed by atoms with Crippen molar-refractivity contribution in [2.75, 3.05) is 61.6 Å². The van der Waals surface area contributed by atoms with Crippen molar-refractivity contribution < 1.29 is 14.7 Å². The van der Waals surface area contributed by atoms with Crippen molar-refractivity contribution in [2.45, 2.75) is 13.0 Å². The van der Waals surface area contributed by atoms with E-state index in [1.54, 1.807) is 14.7 Å². The van der Waals surface area contributed by atoms with Gasteiger partial charge in [-0.05, 0) is 0 Å². The Kier molecular flexibility index (Phi) is 7.68. The van der Waals surface area contributed by atoms with Gasteiger partial charge >= 0.3 is 5.97 Å². The highest BCUT2D eigenvalue weighted by Gasteiger charge is 2.19. The Morgan fingerprint density at radius 3 is 1.92 bits per heavy atom. The molecule has 1 rings (SSSR count).